The second-order valence-corrected chi connectivity index (χ2v) is 7.14. The first-order chi connectivity index (χ1) is 10.6. The lowest BCUT2D eigenvalue weighted by atomic mass is 10.2. The Hall–Kier alpha value is -2.01. The highest BCUT2D eigenvalue weighted by Gasteiger charge is 2.44. The lowest BCUT2D eigenvalue weighted by molar-refractivity contribution is -0.0716. The average molecular weight is 315 g/mol. The number of thiophene rings is 1. The third-order valence-corrected chi connectivity index (χ3v) is 5.12. The van der Waals surface area contributed by atoms with E-state index in [0.29, 0.717) is 4.88 Å². The van der Waals surface area contributed by atoms with Gasteiger partial charge in [-0.05, 0) is 44.0 Å². The maximum atomic E-state index is 12.2. The highest BCUT2D eigenvalue weighted by molar-refractivity contribution is 7.14. The first-order valence-corrected chi connectivity index (χ1v) is 8.35. The molecule has 2 aromatic rings. The van der Waals surface area contributed by atoms with E-state index < -0.39 is 5.79 Å². The van der Waals surface area contributed by atoms with Crippen LogP contribution in [0.25, 0.3) is 0 Å². The third-order valence-electron chi connectivity index (χ3n) is 4.12. The summed E-state index contributed by atoms with van der Waals surface area (Å²) in [6.07, 6.45) is 4.13. The zero-order valence-electron chi connectivity index (χ0n) is 12.3. The highest BCUT2D eigenvalue weighted by Crippen LogP contribution is 2.47. The van der Waals surface area contributed by atoms with Crippen LogP contribution >= 0.6 is 11.3 Å². The van der Waals surface area contributed by atoms with Gasteiger partial charge in [0, 0.05) is 29.5 Å². The fourth-order valence-electron chi connectivity index (χ4n) is 3.04. The van der Waals surface area contributed by atoms with Gasteiger partial charge in [-0.25, -0.2) is 0 Å². The van der Waals surface area contributed by atoms with Gasteiger partial charge in [0.1, 0.15) is 0 Å². The number of amides is 1. The van der Waals surface area contributed by atoms with E-state index in [4.69, 9.17) is 9.47 Å². The number of fused-ring (bicyclic) bond motifs is 1. The largest absolute Gasteiger partial charge is 0.448 e. The Morgan fingerprint density at radius 2 is 1.91 bits per heavy atom. The van der Waals surface area contributed by atoms with Gasteiger partial charge in [-0.3, -0.25) is 4.79 Å². The molecule has 0 bridgehead atoms. The van der Waals surface area contributed by atoms with Crippen molar-refractivity contribution in [1.82, 2.24) is 0 Å². The molecule has 1 spiro atoms. The molecule has 1 saturated carbocycles. The van der Waals surface area contributed by atoms with Crippen LogP contribution in [0.4, 0.5) is 5.69 Å². The molecule has 1 aromatic heterocycles. The SMILES string of the molecule is Cc1ccc(C(=O)Nc2ccc3c(c2)OC2(CCCC2)O3)s1. The molecule has 1 aliphatic heterocycles. The number of carbonyl (C=O) groups is 1. The van der Waals surface area contributed by atoms with Gasteiger partial charge in [0.2, 0.25) is 0 Å². The van der Waals surface area contributed by atoms with E-state index in [0.717, 1.165) is 47.7 Å². The minimum atomic E-state index is -0.462. The molecule has 1 aliphatic carbocycles. The Kier molecular flexibility index (Phi) is 3.11. The molecule has 0 unspecified atom stereocenters. The summed E-state index contributed by atoms with van der Waals surface area (Å²) in [5.74, 6) is 0.942. The van der Waals surface area contributed by atoms with Crippen LogP contribution < -0.4 is 14.8 Å². The smallest absolute Gasteiger partial charge is 0.265 e. The maximum Gasteiger partial charge on any atom is 0.265 e. The molecule has 1 amide bonds. The van der Waals surface area contributed by atoms with Crippen LogP contribution in [-0.2, 0) is 0 Å². The molecule has 0 atom stereocenters. The van der Waals surface area contributed by atoms with E-state index in [2.05, 4.69) is 5.32 Å². The maximum absolute atomic E-state index is 12.2. The number of anilines is 1. The molecule has 22 heavy (non-hydrogen) atoms. The van der Waals surface area contributed by atoms with Crippen molar-refractivity contribution in [3.8, 4) is 11.5 Å². The van der Waals surface area contributed by atoms with Gasteiger partial charge < -0.3 is 14.8 Å². The first-order valence-electron chi connectivity index (χ1n) is 7.53. The number of aryl methyl sites for hydroxylation is 1. The zero-order valence-corrected chi connectivity index (χ0v) is 13.2. The van der Waals surface area contributed by atoms with Crippen LogP contribution in [0.15, 0.2) is 30.3 Å². The Morgan fingerprint density at radius 1 is 1.14 bits per heavy atom. The summed E-state index contributed by atoms with van der Waals surface area (Å²) < 4.78 is 12.0. The van der Waals surface area contributed by atoms with Crippen molar-refractivity contribution in [3.63, 3.8) is 0 Å². The number of ether oxygens (including phenoxy) is 2. The number of hydrogen-bond acceptors (Lipinski definition) is 4. The Balaban J connectivity index is 1.52. The predicted octanol–water partition coefficient (Wildman–Crippen LogP) is 4.35. The predicted molar refractivity (Wildman–Crippen MR) is 85.9 cm³/mol. The van der Waals surface area contributed by atoms with Crippen LogP contribution in [0, 0.1) is 6.92 Å². The minimum absolute atomic E-state index is 0.0902. The lowest BCUT2D eigenvalue weighted by Crippen LogP contribution is -2.34. The van der Waals surface area contributed by atoms with Crippen molar-refractivity contribution < 1.29 is 14.3 Å². The normalized spacial score (nSPS) is 17.9. The van der Waals surface area contributed by atoms with E-state index >= 15 is 0 Å². The quantitative estimate of drug-likeness (QED) is 0.896. The Bertz CT molecular complexity index is 731. The number of benzene rings is 1. The molecule has 4 rings (SSSR count). The van der Waals surface area contributed by atoms with Crippen LogP contribution in [0.2, 0.25) is 0 Å². The molecule has 5 heteroatoms. The van der Waals surface area contributed by atoms with Gasteiger partial charge >= 0.3 is 0 Å². The van der Waals surface area contributed by atoms with E-state index in [9.17, 15) is 4.79 Å². The summed E-state index contributed by atoms with van der Waals surface area (Å²) in [5.41, 5.74) is 0.730. The molecule has 1 N–H and O–H groups in total. The van der Waals surface area contributed by atoms with E-state index in [1.807, 2.05) is 37.3 Å². The summed E-state index contributed by atoms with van der Waals surface area (Å²) in [6, 6.07) is 9.37. The molecule has 2 heterocycles. The molecule has 114 valence electrons. The van der Waals surface area contributed by atoms with Crippen molar-refractivity contribution in [1.29, 1.82) is 0 Å². The van der Waals surface area contributed by atoms with Gasteiger partial charge in [0.25, 0.3) is 11.7 Å². The van der Waals surface area contributed by atoms with Crippen molar-refractivity contribution in [3.05, 3.63) is 40.1 Å². The summed E-state index contributed by atoms with van der Waals surface area (Å²) in [7, 11) is 0. The number of hydrogen-bond donors (Lipinski definition) is 1. The van der Waals surface area contributed by atoms with Crippen molar-refractivity contribution >= 4 is 22.9 Å². The number of rotatable bonds is 2. The molecular weight excluding hydrogens is 298 g/mol. The van der Waals surface area contributed by atoms with Crippen molar-refractivity contribution in [2.75, 3.05) is 5.32 Å². The highest BCUT2D eigenvalue weighted by atomic mass is 32.1. The second-order valence-electron chi connectivity index (χ2n) is 5.85. The van der Waals surface area contributed by atoms with E-state index in [1.165, 1.54) is 11.3 Å². The van der Waals surface area contributed by atoms with Gasteiger partial charge in [-0.2, -0.15) is 0 Å². The Labute approximate surface area is 133 Å². The molecule has 0 saturated heterocycles. The van der Waals surface area contributed by atoms with Crippen molar-refractivity contribution in [2.24, 2.45) is 0 Å². The van der Waals surface area contributed by atoms with Crippen LogP contribution in [0.3, 0.4) is 0 Å². The topological polar surface area (TPSA) is 47.6 Å². The van der Waals surface area contributed by atoms with Gasteiger partial charge in [0.05, 0.1) is 4.88 Å². The fourth-order valence-corrected chi connectivity index (χ4v) is 3.80. The molecule has 4 nitrogen and oxygen atoms in total. The average Bonchev–Trinajstić information content (AvgIpc) is 3.19. The lowest BCUT2D eigenvalue weighted by Gasteiger charge is -2.21. The fraction of sp³-hybridized carbons (Fsp3) is 0.353. The van der Waals surface area contributed by atoms with Gasteiger partial charge in [-0.15, -0.1) is 11.3 Å². The second kappa shape index (κ2) is 5.02. The summed E-state index contributed by atoms with van der Waals surface area (Å²) in [5, 5.41) is 2.92. The number of nitrogens with one attached hydrogen (secondary N) is 1. The van der Waals surface area contributed by atoms with Gasteiger partial charge in [-0.1, -0.05) is 0 Å². The minimum Gasteiger partial charge on any atom is -0.448 e. The molecule has 1 fully saturated rings. The third kappa shape index (κ3) is 2.35. The molecule has 0 radical (unpaired) electrons. The monoisotopic (exact) mass is 315 g/mol. The van der Waals surface area contributed by atoms with Gasteiger partial charge in [0.15, 0.2) is 11.5 Å². The van der Waals surface area contributed by atoms with Crippen LogP contribution in [0.1, 0.15) is 40.2 Å². The standard InChI is InChI=1S/C17H17NO3S/c1-11-4-7-15(22-11)16(19)18-12-5-6-13-14(10-12)21-17(20-13)8-2-3-9-17/h4-7,10H,2-3,8-9H2,1H3,(H,18,19). The molecular formula is C17H17NO3S. The summed E-state index contributed by atoms with van der Waals surface area (Å²) >= 11 is 1.49. The van der Waals surface area contributed by atoms with E-state index in [1.54, 1.807) is 0 Å². The molecule has 1 aromatic carbocycles. The number of carbonyl (C=O) groups excluding carboxylic acids is 1. The van der Waals surface area contributed by atoms with Crippen LogP contribution in [0.5, 0.6) is 11.5 Å². The van der Waals surface area contributed by atoms with E-state index in [-0.39, 0.29) is 5.91 Å². The molecule has 2 aliphatic rings. The Morgan fingerprint density at radius 3 is 2.64 bits per heavy atom. The summed E-state index contributed by atoms with van der Waals surface area (Å²) in [6.45, 7) is 1.99. The van der Waals surface area contributed by atoms with Crippen LogP contribution in [-0.4, -0.2) is 11.7 Å². The van der Waals surface area contributed by atoms with Crippen molar-refractivity contribution in [2.45, 2.75) is 38.4 Å². The first kappa shape index (κ1) is 13.6. The zero-order chi connectivity index (χ0) is 15.2. The summed E-state index contributed by atoms with van der Waals surface area (Å²) in [4.78, 5) is 14.0.